The van der Waals surface area contributed by atoms with Gasteiger partial charge in [-0.1, -0.05) is 36.2 Å². The van der Waals surface area contributed by atoms with E-state index >= 15 is 0 Å². The van der Waals surface area contributed by atoms with Crippen LogP contribution in [0.15, 0.2) is 60.7 Å². The molecule has 1 aliphatic rings. The van der Waals surface area contributed by atoms with Crippen LogP contribution >= 0.6 is 23.2 Å². The van der Waals surface area contributed by atoms with Crippen LogP contribution < -0.4 is 15.4 Å². The number of nitrogens with one attached hydrogen (secondary N) is 2. The number of likely N-dealkylation sites (N-methyl/N-ethyl adjacent to an activating group) is 1. The van der Waals surface area contributed by atoms with E-state index in [1.807, 2.05) is 33.0 Å². The van der Waals surface area contributed by atoms with Crippen molar-refractivity contribution in [1.82, 2.24) is 9.80 Å². The minimum atomic E-state index is -0.552. The van der Waals surface area contributed by atoms with E-state index in [1.165, 1.54) is 24.3 Å². The highest BCUT2D eigenvalue weighted by molar-refractivity contribution is 6.42. The van der Waals surface area contributed by atoms with Gasteiger partial charge in [0.2, 0.25) is 0 Å². The van der Waals surface area contributed by atoms with E-state index in [-0.39, 0.29) is 36.2 Å². The Kier molecular flexibility index (Phi) is 13.9. The van der Waals surface area contributed by atoms with Gasteiger partial charge in [0.05, 0.1) is 40.5 Å². The maximum absolute atomic E-state index is 14.3. The SMILES string of the molecule is C[C@@H]1CCCCO[C@@H](CN(C)Cc2ccc(Cl)c(Cl)c2)[C@@H](C)CN([C@@H](C)CO)C(=O)c2cc(NC(=O)Nc3ccc(F)cc3)ccc2O1. The van der Waals surface area contributed by atoms with Crippen molar-refractivity contribution >= 4 is 46.5 Å². The van der Waals surface area contributed by atoms with Crippen LogP contribution in [0.2, 0.25) is 10.0 Å². The Morgan fingerprint density at radius 3 is 2.46 bits per heavy atom. The molecule has 260 valence electrons. The molecular weight excluding hydrogens is 658 g/mol. The molecule has 0 fully saturated rings. The fourth-order valence-electron chi connectivity index (χ4n) is 5.61. The third-order valence-electron chi connectivity index (χ3n) is 8.34. The number of fused-ring (bicyclic) bond motifs is 1. The molecule has 48 heavy (non-hydrogen) atoms. The molecule has 1 aliphatic heterocycles. The van der Waals surface area contributed by atoms with Crippen LogP contribution in [-0.2, 0) is 11.3 Å². The van der Waals surface area contributed by atoms with E-state index in [0.29, 0.717) is 53.4 Å². The number of urea groups is 1. The lowest BCUT2D eigenvalue weighted by atomic mass is 10.0. The van der Waals surface area contributed by atoms with Crippen LogP contribution in [0.5, 0.6) is 5.75 Å². The van der Waals surface area contributed by atoms with Crippen molar-refractivity contribution < 1.29 is 28.6 Å². The number of rotatable bonds is 8. The van der Waals surface area contributed by atoms with Crippen LogP contribution in [0.4, 0.5) is 20.6 Å². The number of nitrogens with zero attached hydrogens (tertiary/aromatic N) is 2. The Bertz CT molecular complexity index is 1530. The van der Waals surface area contributed by atoms with Gasteiger partial charge in [-0.15, -0.1) is 0 Å². The third-order valence-corrected chi connectivity index (χ3v) is 9.08. The van der Waals surface area contributed by atoms with Gasteiger partial charge >= 0.3 is 6.03 Å². The average Bonchev–Trinajstić information content (AvgIpc) is 3.05. The number of carbonyl (C=O) groups is 2. The van der Waals surface area contributed by atoms with Crippen molar-refractivity contribution in [3.05, 3.63) is 87.7 Å². The van der Waals surface area contributed by atoms with E-state index in [1.54, 1.807) is 36.1 Å². The summed E-state index contributed by atoms with van der Waals surface area (Å²) in [5.41, 5.74) is 2.07. The summed E-state index contributed by atoms with van der Waals surface area (Å²) in [4.78, 5) is 30.9. The number of halogens is 3. The maximum Gasteiger partial charge on any atom is 0.323 e. The van der Waals surface area contributed by atoms with E-state index in [2.05, 4.69) is 15.5 Å². The molecule has 0 aromatic heterocycles. The highest BCUT2D eigenvalue weighted by Crippen LogP contribution is 2.29. The molecule has 4 rings (SSSR count). The molecule has 3 N–H and O–H groups in total. The first-order chi connectivity index (χ1) is 22.9. The second-order valence-corrected chi connectivity index (χ2v) is 13.4. The average molecular weight is 704 g/mol. The smallest absolute Gasteiger partial charge is 0.323 e. The van der Waals surface area contributed by atoms with Crippen molar-refractivity contribution in [2.24, 2.45) is 5.92 Å². The molecule has 3 aromatic carbocycles. The summed E-state index contributed by atoms with van der Waals surface area (Å²) in [5, 5.41) is 16.6. The maximum atomic E-state index is 14.3. The topological polar surface area (TPSA) is 103 Å². The first-order valence-electron chi connectivity index (χ1n) is 16.2. The monoisotopic (exact) mass is 702 g/mol. The van der Waals surface area contributed by atoms with Gasteiger partial charge in [-0.05, 0) is 100 Å². The summed E-state index contributed by atoms with van der Waals surface area (Å²) in [6.45, 7) is 7.66. The molecule has 4 atom stereocenters. The first-order valence-corrected chi connectivity index (χ1v) is 17.0. The number of aliphatic hydroxyl groups is 1. The fraction of sp³-hybridized carbons (Fsp3) is 0.444. The molecule has 9 nitrogen and oxygen atoms in total. The summed E-state index contributed by atoms with van der Waals surface area (Å²) in [7, 11) is 2.01. The highest BCUT2D eigenvalue weighted by Gasteiger charge is 2.30. The number of aliphatic hydroxyl groups excluding tert-OH is 1. The normalized spacial score (nSPS) is 20.0. The summed E-state index contributed by atoms with van der Waals surface area (Å²) < 4.78 is 26.1. The lowest BCUT2D eigenvalue weighted by molar-refractivity contribution is -0.0177. The summed E-state index contributed by atoms with van der Waals surface area (Å²) in [5.74, 6) is -0.462. The van der Waals surface area contributed by atoms with Crippen molar-refractivity contribution in [2.75, 3.05) is 44.0 Å². The number of benzene rings is 3. The Hall–Kier alpha value is -3.41. The Morgan fingerprint density at radius 2 is 1.75 bits per heavy atom. The predicted octanol–water partition coefficient (Wildman–Crippen LogP) is 7.70. The number of anilines is 2. The second-order valence-electron chi connectivity index (χ2n) is 12.5. The Morgan fingerprint density at radius 1 is 1.04 bits per heavy atom. The van der Waals surface area contributed by atoms with Gasteiger partial charge in [-0.2, -0.15) is 0 Å². The number of ether oxygens (including phenoxy) is 2. The van der Waals surface area contributed by atoms with E-state index in [4.69, 9.17) is 32.7 Å². The van der Waals surface area contributed by atoms with Gasteiger partial charge in [-0.3, -0.25) is 9.69 Å². The van der Waals surface area contributed by atoms with Crippen molar-refractivity contribution in [3.63, 3.8) is 0 Å². The van der Waals surface area contributed by atoms with Gasteiger partial charge in [0, 0.05) is 43.5 Å². The minimum Gasteiger partial charge on any atom is -0.490 e. The standard InChI is InChI=1S/C36H45Cl2FN4O5/c1-23-19-43(24(2)22-44)35(45)30-18-29(41-36(46)40-28-11-9-27(39)10-12-28)13-15-33(30)48-25(3)7-5-6-16-47-34(23)21-42(4)20-26-8-14-31(37)32(38)17-26/h8-15,17-18,23-25,34,44H,5-7,16,19-22H2,1-4H3,(H2,40,41,46)/t23-,24-,25+,34-/m0/s1. The zero-order valence-electron chi connectivity index (χ0n) is 27.8. The van der Waals surface area contributed by atoms with Gasteiger partial charge in [-0.25, -0.2) is 9.18 Å². The molecule has 12 heteroatoms. The molecule has 0 unspecified atom stereocenters. The van der Waals surface area contributed by atoms with Gasteiger partial charge in [0.1, 0.15) is 11.6 Å². The summed E-state index contributed by atoms with van der Waals surface area (Å²) >= 11 is 12.4. The lowest BCUT2D eigenvalue weighted by Gasteiger charge is -2.36. The molecule has 0 radical (unpaired) electrons. The molecular formula is C36H45Cl2FN4O5. The van der Waals surface area contributed by atoms with E-state index in [0.717, 1.165) is 24.8 Å². The summed E-state index contributed by atoms with van der Waals surface area (Å²) in [6.07, 6.45) is 2.09. The van der Waals surface area contributed by atoms with Crippen LogP contribution in [0.1, 0.15) is 56.0 Å². The van der Waals surface area contributed by atoms with Gasteiger partial charge < -0.3 is 30.1 Å². The quantitative estimate of drug-likeness (QED) is 0.222. The molecule has 0 saturated heterocycles. The fourth-order valence-corrected chi connectivity index (χ4v) is 5.93. The largest absolute Gasteiger partial charge is 0.490 e. The molecule has 0 saturated carbocycles. The van der Waals surface area contributed by atoms with Crippen LogP contribution in [0.25, 0.3) is 0 Å². The summed E-state index contributed by atoms with van der Waals surface area (Å²) in [6, 6.07) is 14.9. The van der Waals surface area contributed by atoms with E-state index in [9.17, 15) is 19.1 Å². The third kappa shape index (κ3) is 10.8. The zero-order valence-corrected chi connectivity index (χ0v) is 29.4. The lowest BCUT2D eigenvalue weighted by Crippen LogP contribution is -2.47. The van der Waals surface area contributed by atoms with Crippen LogP contribution in [0, 0.1) is 11.7 Å². The van der Waals surface area contributed by atoms with Crippen molar-refractivity contribution in [2.45, 2.75) is 64.8 Å². The minimum absolute atomic E-state index is 0.103. The number of carbonyl (C=O) groups excluding carboxylic acids is 2. The highest BCUT2D eigenvalue weighted by atomic mass is 35.5. The van der Waals surface area contributed by atoms with Crippen molar-refractivity contribution in [3.8, 4) is 5.75 Å². The van der Waals surface area contributed by atoms with E-state index < -0.39 is 17.9 Å². The molecule has 3 amide bonds. The molecule has 0 aliphatic carbocycles. The predicted molar refractivity (Wildman–Crippen MR) is 189 cm³/mol. The molecule has 3 aromatic rings. The van der Waals surface area contributed by atoms with Gasteiger partial charge in [0.15, 0.2) is 0 Å². The van der Waals surface area contributed by atoms with Crippen LogP contribution in [0.3, 0.4) is 0 Å². The molecule has 0 bridgehead atoms. The number of amides is 3. The molecule has 0 spiro atoms. The molecule has 1 heterocycles. The number of hydrogen-bond acceptors (Lipinski definition) is 6. The zero-order chi connectivity index (χ0) is 34.8. The van der Waals surface area contributed by atoms with Crippen LogP contribution in [-0.4, -0.2) is 78.4 Å². The Balaban J connectivity index is 1.58. The second kappa shape index (κ2) is 17.8. The Labute approximate surface area is 292 Å². The number of hydrogen-bond donors (Lipinski definition) is 3. The first kappa shape index (κ1) is 37.4. The van der Waals surface area contributed by atoms with Gasteiger partial charge in [0.25, 0.3) is 5.91 Å². The van der Waals surface area contributed by atoms with Crippen molar-refractivity contribution in [1.29, 1.82) is 0 Å².